The van der Waals surface area contributed by atoms with Crippen molar-refractivity contribution in [1.82, 2.24) is 15.3 Å². The maximum absolute atomic E-state index is 13.3. The molecule has 0 bridgehead atoms. The van der Waals surface area contributed by atoms with Crippen LogP contribution < -0.4 is 15.0 Å². The predicted octanol–water partition coefficient (Wildman–Crippen LogP) is 3.73. The summed E-state index contributed by atoms with van der Waals surface area (Å²) in [6.45, 7) is 8.94. The first-order valence-corrected chi connectivity index (χ1v) is 12.4. The largest absolute Gasteiger partial charge is 0.493 e. The SMILES string of the molecule is COc1ccc(C2=CC(C)(C(=O)N3CCN(C(=O)OC(C)(C)C)CC3)ON2)cc1OC1CCCC1. The van der Waals surface area contributed by atoms with Gasteiger partial charge < -0.3 is 24.0 Å². The van der Waals surface area contributed by atoms with E-state index in [4.69, 9.17) is 19.0 Å². The maximum Gasteiger partial charge on any atom is 0.410 e. The standard InChI is InChI=1S/C26H37N3O6/c1-25(2,3)34-24(31)29-14-12-28(13-15-29)23(30)26(4)17-20(27-35-26)18-10-11-21(32-5)22(16-18)33-19-8-6-7-9-19/h10-11,16-17,19,27H,6-9,12-15H2,1-5H3. The molecule has 1 aromatic rings. The van der Waals surface area contributed by atoms with E-state index in [1.54, 1.807) is 29.9 Å². The van der Waals surface area contributed by atoms with E-state index in [1.807, 2.05) is 39.0 Å². The van der Waals surface area contributed by atoms with Gasteiger partial charge >= 0.3 is 6.09 Å². The second-order valence-corrected chi connectivity index (χ2v) is 10.5. The van der Waals surface area contributed by atoms with E-state index < -0.39 is 11.2 Å². The van der Waals surface area contributed by atoms with Gasteiger partial charge in [0, 0.05) is 31.7 Å². The molecule has 1 saturated carbocycles. The zero-order valence-corrected chi connectivity index (χ0v) is 21.4. The lowest BCUT2D eigenvalue weighted by molar-refractivity contribution is -0.154. The highest BCUT2D eigenvalue weighted by Gasteiger charge is 2.42. The summed E-state index contributed by atoms with van der Waals surface area (Å²) in [5, 5.41) is 0. The quantitative estimate of drug-likeness (QED) is 0.677. The van der Waals surface area contributed by atoms with E-state index >= 15 is 0 Å². The third-order valence-corrected chi connectivity index (χ3v) is 6.51. The van der Waals surface area contributed by atoms with Gasteiger partial charge in [0.25, 0.3) is 5.91 Å². The lowest BCUT2D eigenvalue weighted by Crippen LogP contribution is -2.56. The van der Waals surface area contributed by atoms with Crippen molar-refractivity contribution in [2.45, 2.75) is 70.7 Å². The molecule has 9 nitrogen and oxygen atoms in total. The lowest BCUT2D eigenvalue weighted by Gasteiger charge is -2.37. The van der Waals surface area contributed by atoms with Crippen molar-refractivity contribution in [1.29, 1.82) is 0 Å². The van der Waals surface area contributed by atoms with Gasteiger partial charge in [-0.2, -0.15) is 0 Å². The molecule has 9 heteroatoms. The Morgan fingerprint density at radius 1 is 1.06 bits per heavy atom. The van der Waals surface area contributed by atoms with Crippen molar-refractivity contribution in [3.05, 3.63) is 29.8 Å². The van der Waals surface area contributed by atoms with Crippen molar-refractivity contribution in [2.24, 2.45) is 0 Å². The van der Waals surface area contributed by atoms with Crippen LogP contribution in [0.25, 0.3) is 5.70 Å². The molecule has 3 aliphatic rings. The molecule has 1 atom stereocenters. The van der Waals surface area contributed by atoms with Crippen molar-refractivity contribution in [3.63, 3.8) is 0 Å². The summed E-state index contributed by atoms with van der Waals surface area (Å²) in [6.07, 6.45) is 6.10. The van der Waals surface area contributed by atoms with Gasteiger partial charge in [-0.1, -0.05) is 0 Å². The van der Waals surface area contributed by atoms with Crippen LogP contribution in [-0.4, -0.2) is 72.4 Å². The van der Waals surface area contributed by atoms with Crippen LogP contribution >= 0.6 is 0 Å². The van der Waals surface area contributed by atoms with Crippen LogP contribution in [0.15, 0.2) is 24.3 Å². The Bertz CT molecular complexity index is 974. The minimum absolute atomic E-state index is 0.153. The minimum Gasteiger partial charge on any atom is -0.493 e. The van der Waals surface area contributed by atoms with Gasteiger partial charge in [-0.05, 0) is 77.7 Å². The number of nitrogens with zero attached hydrogens (tertiary/aromatic N) is 2. The highest BCUT2D eigenvalue weighted by atomic mass is 16.7. The van der Waals surface area contributed by atoms with Crippen LogP contribution in [0, 0.1) is 0 Å². The molecule has 192 valence electrons. The molecule has 1 aromatic carbocycles. The van der Waals surface area contributed by atoms with Crippen molar-refractivity contribution in [3.8, 4) is 11.5 Å². The van der Waals surface area contributed by atoms with Crippen LogP contribution in [-0.2, 0) is 14.4 Å². The van der Waals surface area contributed by atoms with Gasteiger partial charge in [0.2, 0.25) is 0 Å². The zero-order chi connectivity index (χ0) is 25.2. The van der Waals surface area contributed by atoms with Crippen LogP contribution in [0.5, 0.6) is 11.5 Å². The second-order valence-electron chi connectivity index (χ2n) is 10.5. The maximum atomic E-state index is 13.3. The first kappa shape index (κ1) is 25.2. The number of benzene rings is 1. The Hall–Kier alpha value is -2.94. The fraction of sp³-hybridized carbons (Fsp3) is 0.615. The molecule has 1 saturated heterocycles. The molecule has 2 fully saturated rings. The molecule has 2 aliphatic heterocycles. The van der Waals surface area contributed by atoms with E-state index in [1.165, 1.54) is 12.8 Å². The Balaban J connectivity index is 1.42. The summed E-state index contributed by atoms with van der Waals surface area (Å²) >= 11 is 0. The first-order chi connectivity index (χ1) is 16.6. The summed E-state index contributed by atoms with van der Waals surface area (Å²) in [4.78, 5) is 34.8. The monoisotopic (exact) mass is 487 g/mol. The summed E-state index contributed by atoms with van der Waals surface area (Å²) in [5.74, 6) is 1.22. The van der Waals surface area contributed by atoms with E-state index in [2.05, 4.69) is 5.48 Å². The molecule has 0 aromatic heterocycles. The number of carbonyl (C=O) groups is 2. The summed E-state index contributed by atoms with van der Waals surface area (Å²) in [5.41, 5.74) is 2.77. The Morgan fingerprint density at radius 2 is 1.71 bits per heavy atom. The average Bonchev–Trinajstić information content (AvgIpc) is 3.48. The summed E-state index contributed by atoms with van der Waals surface area (Å²) in [6, 6.07) is 5.71. The minimum atomic E-state index is -1.16. The van der Waals surface area contributed by atoms with Gasteiger partial charge in [0.15, 0.2) is 17.1 Å². The average molecular weight is 488 g/mol. The van der Waals surface area contributed by atoms with Gasteiger partial charge in [0.05, 0.1) is 18.9 Å². The first-order valence-electron chi connectivity index (χ1n) is 12.4. The molecular weight excluding hydrogens is 450 g/mol. The van der Waals surface area contributed by atoms with Crippen LogP contribution in [0.3, 0.4) is 0 Å². The molecule has 35 heavy (non-hydrogen) atoms. The molecule has 2 heterocycles. The number of carbonyl (C=O) groups excluding carboxylic acids is 2. The molecule has 1 N–H and O–H groups in total. The van der Waals surface area contributed by atoms with Gasteiger partial charge in [-0.15, -0.1) is 0 Å². The molecule has 0 radical (unpaired) electrons. The third kappa shape index (κ3) is 5.83. The van der Waals surface area contributed by atoms with Gasteiger partial charge in [-0.25, -0.2) is 4.79 Å². The number of methoxy groups -OCH3 is 1. The third-order valence-electron chi connectivity index (χ3n) is 6.51. The number of amides is 2. The highest BCUT2D eigenvalue weighted by molar-refractivity contribution is 5.90. The smallest absolute Gasteiger partial charge is 0.410 e. The second kappa shape index (κ2) is 9.97. The number of hydroxylamine groups is 1. The summed E-state index contributed by atoms with van der Waals surface area (Å²) < 4.78 is 17.1. The topological polar surface area (TPSA) is 89.6 Å². The molecule has 2 amide bonds. The normalized spacial score (nSPS) is 23.1. The van der Waals surface area contributed by atoms with Crippen molar-refractivity contribution in [2.75, 3.05) is 33.3 Å². The fourth-order valence-electron chi connectivity index (χ4n) is 4.60. The summed E-state index contributed by atoms with van der Waals surface area (Å²) in [7, 11) is 1.63. The number of nitrogens with one attached hydrogen (secondary N) is 1. The molecule has 1 aliphatic carbocycles. The Kier molecular flexibility index (Phi) is 7.17. The Labute approximate surface area is 207 Å². The number of hydrogen-bond acceptors (Lipinski definition) is 7. The zero-order valence-electron chi connectivity index (χ0n) is 21.4. The number of ether oxygens (including phenoxy) is 3. The molecular formula is C26H37N3O6. The molecule has 0 spiro atoms. The van der Waals surface area contributed by atoms with E-state index in [0.29, 0.717) is 43.4 Å². The van der Waals surface area contributed by atoms with Gasteiger partial charge in [0.1, 0.15) is 5.60 Å². The van der Waals surface area contributed by atoms with Crippen LogP contribution in [0.4, 0.5) is 4.79 Å². The van der Waals surface area contributed by atoms with E-state index in [0.717, 1.165) is 18.4 Å². The van der Waals surface area contributed by atoms with Crippen LogP contribution in [0.1, 0.15) is 58.9 Å². The molecule has 1 unspecified atom stereocenters. The van der Waals surface area contributed by atoms with E-state index in [9.17, 15) is 9.59 Å². The van der Waals surface area contributed by atoms with Crippen LogP contribution in [0.2, 0.25) is 0 Å². The number of piperazine rings is 1. The van der Waals surface area contributed by atoms with Gasteiger partial charge in [-0.3, -0.25) is 15.1 Å². The Morgan fingerprint density at radius 3 is 2.34 bits per heavy atom. The number of rotatable bonds is 5. The highest BCUT2D eigenvalue weighted by Crippen LogP contribution is 2.36. The molecule has 4 rings (SSSR count). The number of hydrogen-bond donors (Lipinski definition) is 1. The van der Waals surface area contributed by atoms with Crippen molar-refractivity contribution < 1.29 is 28.6 Å². The van der Waals surface area contributed by atoms with E-state index in [-0.39, 0.29) is 18.1 Å². The fourth-order valence-corrected chi connectivity index (χ4v) is 4.60. The van der Waals surface area contributed by atoms with Crippen molar-refractivity contribution >= 4 is 17.7 Å². The lowest BCUT2D eigenvalue weighted by atomic mass is 10.0. The predicted molar refractivity (Wildman–Crippen MR) is 131 cm³/mol.